The fraction of sp³-hybridized carbons (Fsp3) is 0.364. The topological polar surface area (TPSA) is 99.8 Å². The fourth-order valence-corrected chi connectivity index (χ4v) is 4.14. The first-order chi connectivity index (χ1) is 14.5. The lowest BCUT2D eigenvalue weighted by Gasteiger charge is -2.42. The van der Waals surface area contributed by atoms with Gasteiger partial charge in [-0.3, -0.25) is 24.3 Å². The Hall–Kier alpha value is -3.26. The van der Waals surface area contributed by atoms with E-state index in [-0.39, 0.29) is 23.6 Å². The Bertz CT molecular complexity index is 924. The van der Waals surface area contributed by atoms with Gasteiger partial charge in [-0.1, -0.05) is 18.2 Å². The van der Waals surface area contributed by atoms with E-state index in [9.17, 15) is 14.4 Å². The lowest BCUT2D eigenvalue weighted by molar-refractivity contribution is -0.126. The maximum Gasteiger partial charge on any atom is 0.267 e. The van der Waals surface area contributed by atoms with Crippen LogP contribution in [0.4, 0.5) is 5.69 Å². The lowest BCUT2D eigenvalue weighted by Crippen LogP contribution is -2.58. The van der Waals surface area contributed by atoms with Crippen molar-refractivity contribution in [3.05, 3.63) is 59.9 Å². The first kappa shape index (κ1) is 20.0. The maximum atomic E-state index is 13.1. The molecule has 2 aromatic rings. The molecule has 2 saturated heterocycles. The molecule has 2 aliphatic rings. The van der Waals surface area contributed by atoms with Crippen molar-refractivity contribution in [3.63, 3.8) is 0 Å². The highest BCUT2D eigenvalue weighted by Gasteiger charge is 2.36. The van der Waals surface area contributed by atoms with Crippen molar-refractivity contribution in [1.82, 2.24) is 14.8 Å². The molecular formula is C22H25N5O3. The molecule has 2 aliphatic heterocycles. The van der Waals surface area contributed by atoms with E-state index in [2.05, 4.69) is 9.88 Å². The van der Waals surface area contributed by atoms with E-state index >= 15 is 0 Å². The van der Waals surface area contributed by atoms with Gasteiger partial charge in [-0.25, -0.2) is 0 Å². The Morgan fingerprint density at radius 3 is 2.33 bits per heavy atom. The van der Waals surface area contributed by atoms with Gasteiger partial charge in [-0.05, 0) is 37.1 Å². The van der Waals surface area contributed by atoms with Gasteiger partial charge in [0.15, 0.2) is 0 Å². The molecule has 8 heteroatoms. The van der Waals surface area contributed by atoms with Gasteiger partial charge in [0.05, 0.1) is 11.6 Å². The summed E-state index contributed by atoms with van der Waals surface area (Å²) in [7, 11) is 0. The zero-order valence-electron chi connectivity index (χ0n) is 16.7. The molecule has 0 bridgehead atoms. The van der Waals surface area contributed by atoms with Gasteiger partial charge >= 0.3 is 0 Å². The lowest BCUT2D eigenvalue weighted by atomic mass is 10.0. The molecule has 0 spiro atoms. The molecule has 1 aromatic heterocycles. The summed E-state index contributed by atoms with van der Waals surface area (Å²) in [5.41, 5.74) is 6.69. The first-order valence-corrected chi connectivity index (χ1v) is 10.2. The summed E-state index contributed by atoms with van der Waals surface area (Å²) < 4.78 is 0. The van der Waals surface area contributed by atoms with E-state index in [0.717, 1.165) is 25.1 Å². The van der Waals surface area contributed by atoms with E-state index in [1.165, 1.54) is 12.3 Å². The minimum atomic E-state index is -0.621. The van der Waals surface area contributed by atoms with Crippen LogP contribution in [0.3, 0.4) is 0 Å². The van der Waals surface area contributed by atoms with Gasteiger partial charge in [-0.2, -0.15) is 0 Å². The van der Waals surface area contributed by atoms with Crippen LogP contribution in [0.15, 0.2) is 48.7 Å². The number of nitrogens with two attached hydrogens (primary N) is 1. The molecule has 3 amide bonds. The Labute approximate surface area is 175 Å². The number of para-hydroxylation sites is 1. The average Bonchev–Trinajstić information content (AvgIpc) is 2.79. The molecule has 8 nitrogen and oxygen atoms in total. The molecular weight excluding hydrogens is 382 g/mol. The second-order valence-corrected chi connectivity index (χ2v) is 7.61. The Morgan fingerprint density at radius 1 is 0.967 bits per heavy atom. The summed E-state index contributed by atoms with van der Waals surface area (Å²) in [6.45, 7) is 3.14. The number of aromatic nitrogens is 1. The van der Waals surface area contributed by atoms with Crippen molar-refractivity contribution < 1.29 is 14.4 Å². The molecule has 0 unspecified atom stereocenters. The third-order valence-corrected chi connectivity index (χ3v) is 5.78. The summed E-state index contributed by atoms with van der Waals surface area (Å²) in [6, 6.07) is 12.7. The summed E-state index contributed by atoms with van der Waals surface area (Å²) in [5, 5.41) is 0. The summed E-state index contributed by atoms with van der Waals surface area (Å²) in [4.78, 5) is 46.8. The van der Waals surface area contributed by atoms with Gasteiger partial charge in [0.2, 0.25) is 5.91 Å². The average molecular weight is 407 g/mol. The van der Waals surface area contributed by atoms with Gasteiger partial charge in [0.25, 0.3) is 11.8 Å². The number of piperazine rings is 1. The molecule has 3 heterocycles. The van der Waals surface area contributed by atoms with E-state index in [0.29, 0.717) is 31.7 Å². The number of carbonyl (C=O) groups is 3. The van der Waals surface area contributed by atoms with E-state index in [1.807, 2.05) is 35.2 Å². The van der Waals surface area contributed by atoms with Crippen molar-refractivity contribution in [2.45, 2.75) is 18.9 Å². The Kier molecular flexibility index (Phi) is 5.76. The van der Waals surface area contributed by atoms with Crippen molar-refractivity contribution >= 4 is 23.4 Å². The molecule has 156 valence electrons. The van der Waals surface area contributed by atoms with Crippen LogP contribution in [-0.2, 0) is 4.79 Å². The minimum Gasteiger partial charge on any atom is -0.364 e. The third-order valence-electron chi connectivity index (χ3n) is 5.78. The van der Waals surface area contributed by atoms with Gasteiger partial charge in [-0.15, -0.1) is 0 Å². The second-order valence-electron chi connectivity index (χ2n) is 7.61. The van der Waals surface area contributed by atoms with Crippen LogP contribution in [0.25, 0.3) is 0 Å². The zero-order chi connectivity index (χ0) is 21.1. The number of pyridine rings is 1. The monoisotopic (exact) mass is 407 g/mol. The number of nitrogens with zero attached hydrogens (tertiary/aromatic N) is 4. The maximum absolute atomic E-state index is 13.1. The summed E-state index contributed by atoms with van der Waals surface area (Å²) in [6.07, 6.45) is 3.19. The van der Waals surface area contributed by atoms with Crippen LogP contribution >= 0.6 is 0 Å². The van der Waals surface area contributed by atoms with Crippen molar-refractivity contribution in [3.8, 4) is 0 Å². The van der Waals surface area contributed by atoms with E-state index < -0.39 is 5.91 Å². The predicted molar refractivity (Wildman–Crippen MR) is 112 cm³/mol. The summed E-state index contributed by atoms with van der Waals surface area (Å²) >= 11 is 0. The van der Waals surface area contributed by atoms with Crippen LogP contribution in [0.2, 0.25) is 0 Å². The van der Waals surface area contributed by atoms with Crippen LogP contribution in [-0.4, -0.2) is 71.3 Å². The van der Waals surface area contributed by atoms with Crippen LogP contribution in [0.1, 0.15) is 33.7 Å². The van der Waals surface area contributed by atoms with E-state index in [1.54, 1.807) is 11.0 Å². The van der Waals surface area contributed by atoms with Crippen molar-refractivity contribution in [1.29, 1.82) is 0 Å². The quantitative estimate of drug-likeness (QED) is 0.819. The normalized spacial score (nSPS) is 20.3. The number of primary amides is 1. The molecule has 2 N–H and O–H groups in total. The fourth-order valence-electron chi connectivity index (χ4n) is 4.14. The van der Waals surface area contributed by atoms with Crippen molar-refractivity contribution in [2.24, 2.45) is 5.73 Å². The highest BCUT2D eigenvalue weighted by Crippen LogP contribution is 2.24. The SMILES string of the molecule is NC(=O)c1ccc(C(=O)N2CCN([C@@H]3CCCN(c4ccccc4)C3=O)CC2)cn1. The third kappa shape index (κ3) is 4.04. The highest BCUT2D eigenvalue weighted by atomic mass is 16.2. The predicted octanol–water partition coefficient (Wildman–Crippen LogP) is 1.13. The smallest absolute Gasteiger partial charge is 0.267 e. The van der Waals surface area contributed by atoms with E-state index in [4.69, 9.17) is 5.73 Å². The molecule has 1 aromatic carbocycles. The van der Waals surface area contributed by atoms with Gasteiger partial charge in [0.1, 0.15) is 5.69 Å². The molecule has 0 aliphatic carbocycles. The second kappa shape index (κ2) is 8.62. The number of rotatable bonds is 4. The van der Waals surface area contributed by atoms with Gasteiger partial charge < -0.3 is 15.5 Å². The largest absolute Gasteiger partial charge is 0.364 e. The zero-order valence-corrected chi connectivity index (χ0v) is 16.7. The molecule has 4 rings (SSSR count). The Balaban J connectivity index is 1.37. The highest BCUT2D eigenvalue weighted by molar-refractivity contribution is 5.98. The standard InChI is InChI=1S/C22H25N5O3/c23-20(28)18-9-8-16(15-24-18)21(29)26-13-11-25(12-14-26)19-7-4-10-27(22(19)30)17-5-2-1-3-6-17/h1-3,5-6,8-9,15,19H,4,7,10-14H2,(H2,23,28)/t19-/m1/s1. The van der Waals surface area contributed by atoms with Crippen LogP contribution in [0.5, 0.6) is 0 Å². The summed E-state index contributed by atoms with van der Waals surface area (Å²) in [5.74, 6) is -0.609. The molecule has 2 fully saturated rings. The first-order valence-electron chi connectivity index (χ1n) is 10.2. The number of benzene rings is 1. The molecule has 0 radical (unpaired) electrons. The van der Waals surface area contributed by atoms with Crippen molar-refractivity contribution in [2.75, 3.05) is 37.6 Å². The Morgan fingerprint density at radius 2 is 1.70 bits per heavy atom. The number of piperidine rings is 1. The minimum absolute atomic E-state index is 0.126. The number of carbonyl (C=O) groups excluding carboxylic acids is 3. The van der Waals surface area contributed by atoms with Crippen LogP contribution in [0, 0.1) is 0 Å². The van der Waals surface area contributed by atoms with Gasteiger partial charge in [0, 0.05) is 44.6 Å². The number of amides is 3. The molecule has 0 saturated carbocycles. The molecule has 1 atom stereocenters. The van der Waals surface area contributed by atoms with Crippen LogP contribution < -0.4 is 10.6 Å². The molecule has 30 heavy (non-hydrogen) atoms. The number of hydrogen-bond donors (Lipinski definition) is 1. The number of anilines is 1. The number of hydrogen-bond acceptors (Lipinski definition) is 5.